The minimum atomic E-state index is -3.58. The van der Waals surface area contributed by atoms with Crippen molar-refractivity contribution in [2.24, 2.45) is 5.73 Å². The summed E-state index contributed by atoms with van der Waals surface area (Å²) in [6.07, 6.45) is 4.86. The van der Waals surface area contributed by atoms with E-state index in [1.165, 1.54) is 56.8 Å². The Balaban J connectivity index is 0.000000163. The van der Waals surface area contributed by atoms with Gasteiger partial charge in [0.1, 0.15) is 17.5 Å². The molecule has 3 aliphatic heterocycles. The lowest BCUT2D eigenvalue weighted by Gasteiger charge is -2.29. The summed E-state index contributed by atoms with van der Waals surface area (Å²) in [5.74, 6) is -22.3. The predicted octanol–water partition coefficient (Wildman–Crippen LogP) is 15.0. The molecule has 598 valence electrons. The van der Waals surface area contributed by atoms with Crippen molar-refractivity contribution >= 4 is 108 Å². The summed E-state index contributed by atoms with van der Waals surface area (Å²) < 4.78 is 149. The van der Waals surface area contributed by atoms with Gasteiger partial charge in [-0.25, -0.2) is 32.0 Å². The van der Waals surface area contributed by atoms with Crippen molar-refractivity contribution in [2.75, 3.05) is 16.8 Å². The summed E-state index contributed by atoms with van der Waals surface area (Å²) in [5.41, 5.74) is 12.5. The highest BCUT2D eigenvalue weighted by atomic mass is 127. The third-order valence-electron chi connectivity index (χ3n) is 18.1. The van der Waals surface area contributed by atoms with Crippen molar-refractivity contribution in [3.8, 4) is 17.1 Å². The van der Waals surface area contributed by atoms with Crippen molar-refractivity contribution in [2.45, 2.75) is 107 Å². The van der Waals surface area contributed by atoms with Gasteiger partial charge in [-0.2, -0.15) is 50.4 Å². The molecule has 7 N–H and O–H groups in total. The van der Waals surface area contributed by atoms with E-state index in [4.69, 9.17) is 5.11 Å². The van der Waals surface area contributed by atoms with Crippen molar-refractivity contribution < 1.29 is 87.0 Å². The average molecular weight is 1700 g/mol. The van der Waals surface area contributed by atoms with Crippen LogP contribution >= 0.6 is 22.6 Å². The van der Waals surface area contributed by atoms with E-state index in [1.807, 2.05) is 41.2 Å². The Bertz CT molecular complexity index is 5220. The van der Waals surface area contributed by atoms with Crippen LogP contribution in [0.2, 0.25) is 0 Å². The normalized spacial score (nSPS) is 17.3. The zero-order valence-corrected chi connectivity index (χ0v) is 63.8. The van der Waals surface area contributed by atoms with E-state index in [0.29, 0.717) is 61.6 Å². The molecule has 12 aromatic rings. The Morgan fingerprint density at radius 2 is 0.713 bits per heavy atom. The summed E-state index contributed by atoms with van der Waals surface area (Å²) in [5, 5.41) is 32.8. The van der Waals surface area contributed by atoms with Crippen LogP contribution in [0.15, 0.2) is 237 Å². The number of benzene rings is 9. The number of carboxylic acids is 1. The molecule has 33 heteroatoms. The molecule has 3 aliphatic rings. The first kappa shape index (κ1) is 85.0. The minimum absolute atomic E-state index is 0.00137. The van der Waals surface area contributed by atoms with Gasteiger partial charge in [-0.05, 0) is 174 Å². The molecule has 3 saturated heterocycles. The Morgan fingerprint density at radius 3 is 1.03 bits per heavy atom. The number of hydrogen-bond donors (Lipinski definition) is 6. The van der Waals surface area contributed by atoms with E-state index in [0.717, 1.165) is 44.0 Å². The molecule has 0 unspecified atom stereocenters. The van der Waals surface area contributed by atoms with Crippen LogP contribution in [0.5, 0.6) is 0 Å². The van der Waals surface area contributed by atoms with E-state index in [1.54, 1.807) is 167 Å². The molecule has 0 bridgehead atoms. The first-order chi connectivity index (χ1) is 54.5. The number of nitrogens with zero attached hydrogens (tertiary/aromatic N) is 8. The van der Waals surface area contributed by atoms with E-state index in [2.05, 4.69) is 71.0 Å². The SMILES string of the molecule is CC(F)(F)C(=O)N[C@@H]1CC(=O)N(c2ccc3c(cnn3-c3ccc(F)cc3)c2)[C@H]1c1ccccc1.CC(F)(F)C(=O)N[C@H]1CC(=O)N(c2ccc3c(cnn3-c3ccc(F)cc3)c2)[C@@H]1c1ccccc1.CC(F)(F)C(=O)N[C@H]1CC(=O)N[C@@H]1c1ccccc1.CC(F)(F)C(=O)O.CN.Fc1ccc(-n2ncc3cc(I)ccc32)cc1. The van der Waals surface area contributed by atoms with E-state index >= 15 is 0 Å². The molecular weight excluding hydrogens is 1630 g/mol. The monoisotopic (exact) mass is 1700 g/mol. The number of alkyl halides is 8. The molecule has 0 saturated carbocycles. The summed E-state index contributed by atoms with van der Waals surface area (Å²) >= 11 is 2.27. The number of rotatable bonds is 15. The van der Waals surface area contributed by atoms with Gasteiger partial charge in [-0.15, -0.1) is 0 Å². The van der Waals surface area contributed by atoms with Gasteiger partial charge >= 0.3 is 29.7 Å². The molecule has 3 aromatic heterocycles. The quantitative estimate of drug-likeness (QED) is 0.0413. The molecular formula is C82H73F11IN13O8. The maximum atomic E-state index is 13.6. The Kier molecular flexibility index (Phi) is 26.7. The van der Waals surface area contributed by atoms with Crippen LogP contribution < -0.4 is 36.8 Å². The highest BCUT2D eigenvalue weighted by Gasteiger charge is 2.47. The van der Waals surface area contributed by atoms with E-state index < -0.39 is 83.6 Å². The second-order valence-electron chi connectivity index (χ2n) is 26.7. The molecule has 6 atom stereocenters. The van der Waals surface area contributed by atoms with Gasteiger partial charge in [0.2, 0.25) is 17.7 Å². The summed E-state index contributed by atoms with van der Waals surface area (Å²) in [6.45, 7) is 1.92. The highest BCUT2D eigenvalue weighted by molar-refractivity contribution is 14.1. The smallest absolute Gasteiger partial charge is 0.374 e. The molecule has 6 amide bonds. The summed E-state index contributed by atoms with van der Waals surface area (Å²) in [4.78, 5) is 85.4. The van der Waals surface area contributed by atoms with Crippen LogP contribution in [-0.2, 0) is 33.6 Å². The van der Waals surface area contributed by atoms with E-state index in [-0.39, 0.29) is 54.4 Å². The number of amides is 6. The lowest BCUT2D eigenvalue weighted by molar-refractivity contribution is -0.162. The van der Waals surface area contributed by atoms with Crippen LogP contribution in [-0.4, -0.2) is 125 Å². The van der Waals surface area contributed by atoms with Crippen LogP contribution in [0, 0.1) is 21.0 Å². The zero-order valence-electron chi connectivity index (χ0n) is 61.6. The fraction of sp³-hybridized carbons (Fsp3) is 0.220. The number of nitrogens with two attached hydrogens (primary N) is 1. The Hall–Kier alpha value is -12.4. The van der Waals surface area contributed by atoms with Gasteiger partial charge in [0, 0.05) is 78.1 Å². The van der Waals surface area contributed by atoms with Crippen molar-refractivity contribution in [1.29, 1.82) is 0 Å². The molecule has 0 radical (unpaired) electrons. The van der Waals surface area contributed by atoms with Crippen molar-refractivity contribution in [3.63, 3.8) is 0 Å². The van der Waals surface area contributed by atoms with Crippen LogP contribution in [0.25, 0.3) is 49.8 Å². The van der Waals surface area contributed by atoms with Gasteiger partial charge in [0.15, 0.2) is 0 Å². The topological polar surface area (TPSA) is 274 Å². The number of carbonyl (C=O) groups is 7. The van der Waals surface area contributed by atoms with E-state index in [9.17, 15) is 81.9 Å². The number of halogens is 12. The number of nitrogens with one attached hydrogen (secondary N) is 4. The Labute approximate surface area is 663 Å². The third kappa shape index (κ3) is 20.9. The molecule has 6 heterocycles. The molecule has 0 aliphatic carbocycles. The number of fused-ring (bicyclic) bond motifs is 3. The van der Waals surface area contributed by atoms with Crippen molar-refractivity contribution in [3.05, 3.63) is 275 Å². The van der Waals surface area contributed by atoms with Gasteiger partial charge < -0.3 is 41.9 Å². The first-order valence-electron chi connectivity index (χ1n) is 35.2. The van der Waals surface area contributed by atoms with Gasteiger partial charge in [0.05, 0.1) is 88.5 Å². The standard InChI is InChI=1S/2C26H21F3N4O2.C13H14F2N2O2.C13H8FIN2.C3H4F2O2.CH5N/c2*1-26(28,29)25(35)31-21-14-23(34)32(24(21)16-5-3-2-4-6-16)20-11-12-22-17(13-20)15-30-33(22)19-9-7-18(27)8-10-19;1-13(14,15)12(19)16-9-7-10(18)17-11(9)8-5-3-2-4-6-8;14-10-1-4-12(5-2-10)17-13-6-3-11(15)7-9(13)8-16-17;1-3(4,5)2(6)7;1-2/h2*2-13,15,21,24H,14H2,1H3,(H,31,35);2-6,9,11H,7H2,1H3,(H,16,19)(H,17,18);1-8H;1H3,(H,6,7);2H2,1H3/t2*21-,24+;9-,11+;;;/m100.../s1. The Morgan fingerprint density at radius 1 is 0.417 bits per heavy atom. The molecule has 15 rings (SSSR count). The average Bonchev–Trinajstić information content (AvgIpc) is 1.60. The molecule has 3 fully saturated rings. The van der Waals surface area contributed by atoms with Crippen LogP contribution in [0.4, 0.5) is 59.7 Å². The number of carboxylic acid groups (broad SMARTS) is 1. The number of hydrogen-bond acceptors (Lipinski definition) is 11. The summed E-state index contributed by atoms with van der Waals surface area (Å²) in [7, 11) is 1.50. The predicted molar refractivity (Wildman–Crippen MR) is 416 cm³/mol. The highest BCUT2D eigenvalue weighted by Crippen LogP contribution is 2.42. The summed E-state index contributed by atoms with van der Waals surface area (Å²) in [6, 6.07) is 57.7. The molecule has 21 nitrogen and oxygen atoms in total. The number of anilines is 2. The maximum Gasteiger partial charge on any atom is 0.374 e. The maximum absolute atomic E-state index is 13.6. The fourth-order valence-electron chi connectivity index (χ4n) is 12.8. The third-order valence-corrected chi connectivity index (χ3v) is 18.8. The van der Waals surface area contributed by atoms with Crippen molar-refractivity contribution in [1.82, 2.24) is 50.6 Å². The fourth-order valence-corrected chi connectivity index (χ4v) is 13.3. The second kappa shape index (κ2) is 36.2. The number of aliphatic carboxylic acids is 1. The largest absolute Gasteiger partial charge is 0.477 e. The number of aromatic nitrogens is 6. The number of carbonyl (C=O) groups excluding carboxylic acids is 6. The molecule has 115 heavy (non-hydrogen) atoms. The lowest BCUT2D eigenvalue weighted by atomic mass is 9.99. The second-order valence-corrected chi connectivity index (χ2v) is 27.9. The lowest BCUT2D eigenvalue weighted by Crippen LogP contribution is -2.46. The van der Waals surface area contributed by atoms with Gasteiger partial charge in [0.25, 0.3) is 17.7 Å². The van der Waals surface area contributed by atoms with Crippen LogP contribution in [0.1, 0.15) is 81.8 Å². The molecule has 0 spiro atoms. The van der Waals surface area contributed by atoms with Gasteiger partial charge in [-0.1, -0.05) is 91.0 Å². The molecule has 9 aromatic carbocycles. The zero-order chi connectivity index (χ0) is 83.4. The first-order valence-corrected chi connectivity index (χ1v) is 36.3. The van der Waals surface area contributed by atoms with Crippen LogP contribution in [0.3, 0.4) is 0 Å². The van der Waals surface area contributed by atoms with Gasteiger partial charge in [-0.3, -0.25) is 28.8 Å². The minimum Gasteiger partial charge on any atom is -0.477 e.